The number of nitrogens with one attached hydrogen (secondary N) is 3. The molecule has 4 N–H and O–H groups in total. The molecule has 3 rings (SSSR count). The summed E-state index contributed by atoms with van der Waals surface area (Å²) in [6.07, 6.45) is 0. The Balaban J connectivity index is 1.66. The van der Waals surface area contributed by atoms with Crippen LogP contribution < -0.4 is 16.1 Å². The number of hydroxylamine groups is 1. The lowest BCUT2D eigenvalue weighted by molar-refractivity contribution is 0.0711. The number of carbonyl (C=O) groups excluding carboxylic acids is 2. The molecule has 1 heterocycles. The van der Waals surface area contributed by atoms with E-state index in [1.54, 1.807) is 23.7 Å². The van der Waals surface area contributed by atoms with Gasteiger partial charge in [0, 0.05) is 16.9 Å². The summed E-state index contributed by atoms with van der Waals surface area (Å²) in [6, 6.07) is 16.4. The van der Waals surface area contributed by atoms with Gasteiger partial charge in [-0.3, -0.25) is 10.0 Å². The Hall–Kier alpha value is -2.90. The first-order chi connectivity index (χ1) is 11.7. The highest BCUT2D eigenvalue weighted by atomic mass is 32.1. The van der Waals surface area contributed by atoms with E-state index >= 15 is 0 Å². The average molecular weight is 341 g/mol. The molecule has 6 nitrogen and oxygen atoms in total. The van der Waals surface area contributed by atoms with Gasteiger partial charge in [-0.05, 0) is 29.1 Å². The van der Waals surface area contributed by atoms with Crippen LogP contribution in [0.25, 0.3) is 10.1 Å². The van der Waals surface area contributed by atoms with E-state index in [9.17, 15) is 9.59 Å². The fourth-order valence-corrected chi connectivity index (χ4v) is 3.22. The van der Waals surface area contributed by atoms with Crippen molar-refractivity contribution in [3.05, 3.63) is 65.0 Å². The largest absolute Gasteiger partial charge is 0.334 e. The van der Waals surface area contributed by atoms with Crippen LogP contribution in [0.2, 0.25) is 0 Å². The maximum absolute atomic E-state index is 12.0. The van der Waals surface area contributed by atoms with Crippen molar-refractivity contribution in [2.75, 3.05) is 5.32 Å². The molecule has 0 fully saturated rings. The molecule has 3 aromatic rings. The number of rotatable bonds is 4. The zero-order valence-electron chi connectivity index (χ0n) is 12.6. The summed E-state index contributed by atoms with van der Waals surface area (Å²) in [5, 5.41) is 15.1. The monoisotopic (exact) mass is 341 g/mol. The minimum Gasteiger partial charge on any atom is -0.334 e. The first kappa shape index (κ1) is 16.0. The number of amides is 3. The van der Waals surface area contributed by atoms with Crippen molar-refractivity contribution in [1.29, 1.82) is 0 Å². The molecule has 24 heavy (non-hydrogen) atoms. The molecule has 1 aromatic heterocycles. The van der Waals surface area contributed by atoms with Crippen molar-refractivity contribution in [3.63, 3.8) is 0 Å². The number of anilines is 1. The molecule has 0 spiro atoms. The van der Waals surface area contributed by atoms with E-state index < -0.39 is 5.91 Å². The molecule has 0 aliphatic rings. The second kappa shape index (κ2) is 7.12. The molecular weight excluding hydrogens is 326 g/mol. The summed E-state index contributed by atoms with van der Waals surface area (Å²) in [6.45, 7) is 0.439. The van der Waals surface area contributed by atoms with Crippen molar-refractivity contribution in [2.45, 2.75) is 6.54 Å². The van der Waals surface area contributed by atoms with Crippen LogP contribution in [-0.4, -0.2) is 17.1 Å². The topological polar surface area (TPSA) is 90.5 Å². The van der Waals surface area contributed by atoms with Gasteiger partial charge in [-0.25, -0.2) is 10.3 Å². The first-order valence-corrected chi connectivity index (χ1v) is 8.04. The minimum absolute atomic E-state index is 0.303. The summed E-state index contributed by atoms with van der Waals surface area (Å²) in [7, 11) is 0. The normalized spacial score (nSPS) is 10.4. The van der Waals surface area contributed by atoms with Crippen molar-refractivity contribution >= 4 is 39.0 Å². The molecular formula is C17H15N3O3S. The summed E-state index contributed by atoms with van der Waals surface area (Å²) >= 11 is 1.24. The minimum atomic E-state index is -0.550. The van der Waals surface area contributed by atoms with E-state index in [1.165, 1.54) is 11.3 Å². The highest BCUT2D eigenvalue weighted by Crippen LogP contribution is 2.28. The molecule has 0 radical (unpaired) electrons. The Labute approximate surface area is 142 Å². The maximum atomic E-state index is 12.0. The molecule has 122 valence electrons. The van der Waals surface area contributed by atoms with E-state index in [2.05, 4.69) is 10.6 Å². The first-order valence-electron chi connectivity index (χ1n) is 7.22. The van der Waals surface area contributed by atoms with Gasteiger partial charge < -0.3 is 10.6 Å². The number of fused-ring (bicyclic) bond motifs is 1. The lowest BCUT2D eigenvalue weighted by Crippen LogP contribution is -2.28. The quantitative estimate of drug-likeness (QED) is 0.433. The molecule has 3 amide bonds. The highest BCUT2D eigenvalue weighted by Gasteiger charge is 2.10. The summed E-state index contributed by atoms with van der Waals surface area (Å²) in [5.74, 6) is -0.550. The number of urea groups is 1. The Morgan fingerprint density at radius 3 is 2.58 bits per heavy atom. The molecule has 0 unspecified atom stereocenters. The van der Waals surface area contributed by atoms with Crippen molar-refractivity contribution in [3.8, 4) is 0 Å². The lowest BCUT2D eigenvalue weighted by Gasteiger charge is -2.07. The summed E-state index contributed by atoms with van der Waals surface area (Å²) < 4.78 is 0.842. The third kappa shape index (κ3) is 3.70. The number of thiophene rings is 1. The van der Waals surface area contributed by atoms with Crippen LogP contribution in [-0.2, 0) is 6.54 Å². The molecule has 0 aliphatic heterocycles. The van der Waals surface area contributed by atoms with Crippen molar-refractivity contribution < 1.29 is 14.8 Å². The molecule has 0 saturated carbocycles. The predicted octanol–water partition coefficient (Wildman–Crippen LogP) is 3.34. The van der Waals surface area contributed by atoms with Gasteiger partial charge in [0.2, 0.25) is 0 Å². The molecule has 0 atom stereocenters. The van der Waals surface area contributed by atoms with E-state index in [0.717, 1.165) is 15.6 Å². The fourth-order valence-electron chi connectivity index (χ4n) is 2.23. The second-order valence-corrected chi connectivity index (χ2v) is 6.18. The van der Waals surface area contributed by atoms with Crippen molar-refractivity contribution in [2.24, 2.45) is 0 Å². The van der Waals surface area contributed by atoms with E-state index in [4.69, 9.17) is 5.21 Å². The van der Waals surface area contributed by atoms with Crippen LogP contribution in [0.1, 0.15) is 15.2 Å². The van der Waals surface area contributed by atoms with Gasteiger partial charge in [-0.2, -0.15) is 0 Å². The van der Waals surface area contributed by atoms with E-state index in [0.29, 0.717) is 17.1 Å². The Kier molecular flexibility index (Phi) is 4.74. The van der Waals surface area contributed by atoms with E-state index in [1.807, 2.05) is 36.4 Å². The molecule has 0 bridgehead atoms. The number of benzene rings is 2. The van der Waals surface area contributed by atoms with Gasteiger partial charge in [0.1, 0.15) is 0 Å². The zero-order valence-corrected chi connectivity index (χ0v) is 13.4. The smallest absolute Gasteiger partial charge is 0.319 e. The predicted molar refractivity (Wildman–Crippen MR) is 93.4 cm³/mol. The van der Waals surface area contributed by atoms with Crippen LogP contribution in [0, 0.1) is 0 Å². The van der Waals surface area contributed by atoms with E-state index in [-0.39, 0.29) is 6.03 Å². The molecule has 0 saturated heterocycles. The number of carbonyl (C=O) groups is 2. The van der Waals surface area contributed by atoms with Gasteiger partial charge in [-0.1, -0.05) is 36.4 Å². The van der Waals surface area contributed by atoms with Gasteiger partial charge in [0.25, 0.3) is 5.91 Å². The Morgan fingerprint density at radius 2 is 1.83 bits per heavy atom. The Morgan fingerprint density at radius 1 is 1.04 bits per heavy atom. The summed E-state index contributed by atoms with van der Waals surface area (Å²) in [4.78, 5) is 23.8. The summed E-state index contributed by atoms with van der Waals surface area (Å²) in [5.41, 5.74) is 3.26. The molecule has 7 heteroatoms. The van der Waals surface area contributed by atoms with Crippen LogP contribution in [0.4, 0.5) is 10.5 Å². The van der Waals surface area contributed by atoms with Crippen molar-refractivity contribution in [1.82, 2.24) is 10.8 Å². The second-order valence-electron chi connectivity index (χ2n) is 5.10. The highest BCUT2D eigenvalue weighted by molar-refractivity contribution is 7.20. The molecule has 0 aliphatic carbocycles. The van der Waals surface area contributed by atoms with Gasteiger partial charge in [-0.15, -0.1) is 11.3 Å². The van der Waals surface area contributed by atoms with Crippen LogP contribution in [0.3, 0.4) is 0 Å². The maximum Gasteiger partial charge on any atom is 0.319 e. The zero-order chi connectivity index (χ0) is 16.9. The number of hydrogen-bond acceptors (Lipinski definition) is 4. The standard InChI is InChI=1S/C17H15N3O3S/c21-16(20-23)15-8-12-6-7-13(9-14(12)24-15)19-17(22)18-10-11-4-2-1-3-5-11/h1-9,23H,10H2,(H,20,21)(H2,18,19,22). The van der Waals surface area contributed by atoms with Crippen LogP contribution in [0.5, 0.6) is 0 Å². The lowest BCUT2D eigenvalue weighted by atomic mass is 10.2. The average Bonchev–Trinajstić information content (AvgIpc) is 3.03. The van der Waals surface area contributed by atoms with Gasteiger partial charge in [0.15, 0.2) is 0 Å². The third-order valence-corrected chi connectivity index (χ3v) is 4.50. The number of hydrogen-bond donors (Lipinski definition) is 4. The van der Waals surface area contributed by atoms with Crippen LogP contribution in [0.15, 0.2) is 54.6 Å². The fraction of sp³-hybridized carbons (Fsp3) is 0.0588. The SMILES string of the molecule is O=C(NCc1ccccc1)Nc1ccc2cc(C(=O)NO)sc2c1. The molecule has 2 aromatic carbocycles. The van der Waals surface area contributed by atoms with Gasteiger partial charge in [0.05, 0.1) is 4.88 Å². The van der Waals surface area contributed by atoms with Crippen LogP contribution >= 0.6 is 11.3 Å². The third-order valence-electron chi connectivity index (χ3n) is 3.40. The van der Waals surface area contributed by atoms with Gasteiger partial charge >= 0.3 is 6.03 Å². The Bertz CT molecular complexity index is 877.